The number of amides is 2. The number of nitrogens with zero attached hydrogens (tertiary/aromatic N) is 1. The molecule has 1 unspecified atom stereocenters. The van der Waals surface area contributed by atoms with Crippen molar-refractivity contribution >= 4 is 29.4 Å². The average Bonchev–Trinajstić information content (AvgIpc) is 2.87. The number of hydrogen-bond donors (Lipinski definition) is 3. The highest BCUT2D eigenvalue weighted by atomic mass is 16.4. The summed E-state index contributed by atoms with van der Waals surface area (Å²) in [5.74, 6) is -3.36. The first kappa shape index (κ1) is 19.9. The average molecular weight is 348 g/mol. The van der Waals surface area contributed by atoms with Gasteiger partial charge in [-0.1, -0.05) is 38.0 Å². The molecule has 2 amide bonds. The topological polar surface area (TPSA) is 124 Å². The Morgan fingerprint density at radius 3 is 2.16 bits per heavy atom. The van der Waals surface area contributed by atoms with Crippen LogP contribution in [0, 0.1) is 5.92 Å². The smallest absolute Gasteiger partial charge is 0.328 e. The Hall–Kier alpha value is -3.16. The van der Waals surface area contributed by atoms with Gasteiger partial charge >= 0.3 is 11.9 Å². The van der Waals surface area contributed by atoms with Gasteiger partial charge in [-0.3, -0.25) is 15.0 Å². The molecular formula is C17H20N2O6. The van der Waals surface area contributed by atoms with Crippen LogP contribution in [-0.2, 0) is 19.2 Å². The van der Waals surface area contributed by atoms with Crippen LogP contribution in [0.3, 0.4) is 0 Å². The molecular weight excluding hydrogens is 328 g/mol. The highest BCUT2D eigenvalue weighted by molar-refractivity contribution is 6.14. The van der Waals surface area contributed by atoms with E-state index in [1.165, 1.54) is 5.01 Å². The summed E-state index contributed by atoms with van der Waals surface area (Å²) in [6, 6.07) is 9.17. The molecule has 1 heterocycles. The molecule has 0 radical (unpaired) electrons. The molecule has 0 saturated carbocycles. The number of aliphatic carboxylic acids is 2. The summed E-state index contributed by atoms with van der Waals surface area (Å²) < 4.78 is 0. The third-order valence-corrected chi connectivity index (χ3v) is 3.29. The van der Waals surface area contributed by atoms with E-state index in [1.807, 2.05) is 25.1 Å². The summed E-state index contributed by atoms with van der Waals surface area (Å²) in [7, 11) is 0. The SMILES string of the molecule is CCCCC1C(=O)NN(c2ccccc2)C1=O.O=C(O)/C=C\C(=O)O. The van der Waals surface area contributed by atoms with Crippen molar-refractivity contribution in [2.75, 3.05) is 5.01 Å². The summed E-state index contributed by atoms with van der Waals surface area (Å²) in [5, 5.41) is 17.0. The van der Waals surface area contributed by atoms with Gasteiger partial charge in [0, 0.05) is 12.2 Å². The third kappa shape index (κ3) is 6.46. The van der Waals surface area contributed by atoms with E-state index in [2.05, 4.69) is 5.43 Å². The third-order valence-electron chi connectivity index (χ3n) is 3.29. The van der Waals surface area contributed by atoms with Crippen LogP contribution in [0.1, 0.15) is 26.2 Å². The number of unbranched alkanes of at least 4 members (excludes halogenated alkanes) is 1. The zero-order chi connectivity index (χ0) is 18.8. The van der Waals surface area contributed by atoms with Crippen molar-refractivity contribution in [3.8, 4) is 0 Å². The van der Waals surface area contributed by atoms with Crippen molar-refractivity contribution in [3.05, 3.63) is 42.5 Å². The van der Waals surface area contributed by atoms with Crippen molar-refractivity contribution in [2.24, 2.45) is 5.92 Å². The predicted octanol–water partition coefficient (Wildman–Crippen LogP) is 1.58. The van der Waals surface area contributed by atoms with Gasteiger partial charge in [-0.15, -0.1) is 0 Å². The van der Waals surface area contributed by atoms with E-state index in [4.69, 9.17) is 10.2 Å². The molecule has 0 spiro atoms. The number of carboxylic acid groups (broad SMARTS) is 2. The van der Waals surface area contributed by atoms with E-state index in [1.54, 1.807) is 12.1 Å². The molecule has 0 bridgehead atoms. The first-order valence-corrected chi connectivity index (χ1v) is 7.70. The Balaban J connectivity index is 0.000000333. The van der Waals surface area contributed by atoms with E-state index in [0.717, 1.165) is 12.8 Å². The molecule has 1 aliphatic rings. The van der Waals surface area contributed by atoms with Crippen molar-refractivity contribution in [3.63, 3.8) is 0 Å². The minimum Gasteiger partial charge on any atom is -0.478 e. The summed E-state index contributed by atoms with van der Waals surface area (Å²) >= 11 is 0. The quantitative estimate of drug-likeness (QED) is 0.530. The van der Waals surface area contributed by atoms with Crippen LogP contribution in [0.25, 0.3) is 0 Å². The minimum atomic E-state index is -1.26. The lowest BCUT2D eigenvalue weighted by Gasteiger charge is -2.14. The van der Waals surface area contributed by atoms with E-state index in [-0.39, 0.29) is 11.8 Å². The number of para-hydroxylation sites is 1. The fourth-order valence-electron chi connectivity index (χ4n) is 2.09. The number of anilines is 1. The number of hydrogen-bond acceptors (Lipinski definition) is 4. The van der Waals surface area contributed by atoms with E-state index in [9.17, 15) is 19.2 Å². The number of carbonyl (C=O) groups is 4. The van der Waals surface area contributed by atoms with Crippen LogP contribution >= 0.6 is 0 Å². The van der Waals surface area contributed by atoms with Crippen LogP contribution in [0.2, 0.25) is 0 Å². The molecule has 1 aliphatic heterocycles. The maximum absolute atomic E-state index is 12.1. The van der Waals surface area contributed by atoms with Gasteiger partial charge in [0.05, 0.1) is 5.69 Å². The van der Waals surface area contributed by atoms with Crippen LogP contribution in [-0.4, -0.2) is 34.0 Å². The van der Waals surface area contributed by atoms with Crippen molar-refractivity contribution in [1.82, 2.24) is 5.43 Å². The molecule has 2 rings (SSSR count). The molecule has 1 saturated heterocycles. The van der Waals surface area contributed by atoms with E-state index < -0.39 is 17.9 Å². The number of nitrogens with one attached hydrogen (secondary N) is 1. The van der Waals surface area contributed by atoms with Gasteiger partial charge in [-0.2, -0.15) is 0 Å². The predicted molar refractivity (Wildman–Crippen MR) is 89.5 cm³/mol. The Labute approximate surface area is 144 Å². The normalized spacial score (nSPS) is 16.4. The van der Waals surface area contributed by atoms with Crippen LogP contribution in [0.15, 0.2) is 42.5 Å². The Morgan fingerprint density at radius 1 is 1.12 bits per heavy atom. The molecule has 25 heavy (non-hydrogen) atoms. The highest BCUT2D eigenvalue weighted by Crippen LogP contribution is 2.22. The van der Waals surface area contributed by atoms with Gasteiger partial charge in [0.2, 0.25) is 0 Å². The molecule has 3 N–H and O–H groups in total. The number of carboxylic acids is 2. The lowest BCUT2D eigenvalue weighted by Crippen LogP contribution is -2.35. The summed E-state index contributed by atoms with van der Waals surface area (Å²) in [6.07, 6.45) is 3.63. The van der Waals surface area contributed by atoms with Gasteiger partial charge in [-0.25, -0.2) is 14.6 Å². The lowest BCUT2D eigenvalue weighted by molar-refractivity contribution is -0.134. The molecule has 1 fully saturated rings. The second-order valence-electron chi connectivity index (χ2n) is 5.19. The summed E-state index contributed by atoms with van der Waals surface area (Å²) in [4.78, 5) is 42.9. The number of rotatable bonds is 6. The number of benzene rings is 1. The molecule has 8 heteroatoms. The molecule has 1 atom stereocenters. The fourth-order valence-corrected chi connectivity index (χ4v) is 2.09. The maximum atomic E-state index is 12.1. The molecule has 0 aliphatic carbocycles. The molecule has 1 aromatic carbocycles. The molecule has 1 aromatic rings. The van der Waals surface area contributed by atoms with Gasteiger partial charge in [0.1, 0.15) is 5.92 Å². The maximum Gasteiger partial charge on any atom is 0.328 e. The largest absolute Gasteiger partial charge is 0.478 e. The number of carbonyl (C=O) groups excluding carboxylic acids is 2. The summed E-state index contributed by atoms with van der Waals surface area (Å²) in [5.41, 5.74) is 3.34. The van der Waals surface area contributed by atoms with Crippen LogP contribution in [0.5, 0.6) is 0 Å². The lowest BCUT2D eigenvalue weighted by atomic mass is 10.0. The van der Waals surface area contributed by atoms with Crippen LogP contribution < -0.4 is 10.4 Å². The monoisotopic (exact) mass is 348 g/mol. The fraction of sp³-hybridized carbons (Fsp3) is 0.294. The van der Waals surface area contributed by atoms with E-state index >= 15 is 0 Å². The standard InChI is InChI=1S/C13H16N2O2.C4H4O4/c1-2-3-9-11-12(16)14-15(13(11)17)10-7-5-4-6-8-10;5-3(6)1-2-4(7)8/h4-8,11H,2-3,9H2,1H3,(H,14,16);1-2H,(H,5,6)(H,7,8)/b;2-1-. The number of hydrazine groups is 1. The van der Waals surface area contributed by atoms with Crippen LogP contribution in [0.4, 0.5) is 5.69 Å². The van der Waals surface area contributed by atoms with E-state index in [0.29, 0.717) is 24.3 Å². The second kappa shape index (κ2) is 9.86. The first-order chi connectivity index (χ1) is 11.9. The molecule has 0 aromatic heterocycles. The zero-order valence-electron chi connectivity index (χ0n) is 13.7. The van der Waals surface area contributed by atoms with Gasteiger partial charge < -0.3 is 10.2 Å². The minimum absolute atomic E-state index is 0.144. The summed E-state index contributed by atoms with van der Waals surface area (Å²) in [6.45, 7) is 2.05. The molecule has 134 valence electrons. The Bertz CT molecular complexity index is 640. The highest BCUT2D eigenvalue weighted by Gasteiger charge is 2.39. The van der Waals surface area contributed by atoms with Crippen molar-refractivity contribution < 1.29 is 29.4 Å². The van der Waals surface area contributed by atoms with Crippen molar-refractivity contribution in [1.29, 1.82) is 0 Å². The van der Waals surface area contributed by atoms with Gasteiger partial charge in [0.25, 0.3) is 11.8 Å². The second-order valence-corrected chi connectivity index (χ2v) is 5.19. The Morgan fingerprint density at radius 2 is 1.68 bits per heavy atom. The van der Waals surface area contributed by atoms with Crippen molar-refractivity contribution in [2.45, 2.75) is 26.2 Å². The van der Waals surface area contributed by atoms with Gasteiger partial charge in [0.15, 0.2) is 0 Å². The molecule has 8 nitrogen and oxygen atoms in total. The first-order valence-electron chi connectivity index (χ1n) is 7.70. The Kier molecular flexibility index (Phi) is 7.85. The zero-order valence-corrected chi connectivity index (χ0v) is 13.7. The van der Waals surface area contributed by atoms with Gasteiger partial charge in [-0.05, 0) is 18.6 Å².